The molecule has 0 aromatic heterocycles. The van der Waals surface area contributed by atoms with Gasteiger partial charge in [-0.05, 0) is 66.5 Å². The molecule has 0 spiro atoms. The largest absolute Gasteiger partial charge is 0.481 e. The van der Waals surface area contributed by atoms with Gasteiger partial charge in [-0.3, -0.25) is 24.6 Å². The number of hydrogen-bond donors (Lipinski definition) is 3. The van der Waals surface area contributed by atoms with Crippen molar-refractivity contribution in [1.29, 1.82) is 0 Å². The average molecular weight is 614 g/mol. The predicted molar refractivity (Wildman–Crippen MR) is 142 cm³/mol. The van der Waals surface area contributed by atoms with Gasteiger partial charge in [0.1, 0.15) is 6.17 Å². The summed E-state index contributed by atoms with van der Waals surface area (Å²) in [5, 5.41) is 39.8. The number of carbonyl (C=O) groups is 3. The maximum Gasteiger partial charge on any atom is 0.336 e. The van der Waals surface area contributed by atoms with E-state index in [0.717, 1.165) is 5.56 Å². The van der Waals surface area contributed by atoms with E-state index < -0.39 is 57.5 Å². The summed E-state index contributed by atoms with van der Waals surface area (Å²) < 4.78 is 27.9. The van der Waals surface area contributed by atoms with Gasteiger partial charge >= 0.3 is 17.9 Å². The van der Waals surface area contributed by atoms with Gasteiger partial charge in [0.15, 0.2) is 5.60 Å². The molecule has 1 aliphatic heterocycles. The van der Waals surface area contributed by atoms with Gasteiger partial charge < -0.3 is 20.2 Å². The van der Waals surface area contributed by atoms with E-state index in [1.165, 1.54) is 36.4 Å². The van der Waals surface area contributed by atoms with Crippen LogP contribution < -0.4 is 0 Å². The Morgan fingerprint density at radius 3 is 2.27 bits per heavy atom. The Morgan fingerprint density at radius 1 is 1.07 bits per heavy atom. The number of likely N-dealkylation sites (tertiary alicyclic amines) is 1. The minimum Gasteiger partial charge on any atom is -0.481 e. The number of sulfonamides is 1. The van der Waals surface area contributed by atoms with Crippen molar-refractivity contribution in [3.63, 3.8) is 0 Å². The molecule has 1 heterocycles. The molecule has 3 rings (SSSR count). The van der Waals surface area contributed by atoms with Crippen LogP contribution in [0, 0.1) is 10.1 Å². The van der Waals surface area contributed by atoms with Crippen LogP contribution in [0.4, 0.5) is 5.69 Å². The van der Waals surface area contributed by atoms with Gasteiger partial charge in [-0.15, -0.1) is 0 Å². The summed E-state index contributed by atoms with van der Waals surface area (Å²) in [6.07, 6.45) is -1.86. The van der Waals surface area contributed by atoms with Crippen LogP contribution in [0.3, 0.4) is 0 Å². The molecular formula is C25H28ClN3O11S. The number of hydroxylamine groups is 1. The van der Waals surface area contributed by atoms with E-state index >= 15 is 0 Å². The van der Waals surface area contributed by atoms with Gasteiger partial charge in [0, 0.05) is 23.7 Å². The van der Waals surface area contributed by atoms with Gasteiger partial charge in [0.05, 0.1) is 22.7 Å². The van der Waals surface area contributed by atoms with Crippen LogP contribution in [0.1, 0.15) is 37.7 Å². The van der Waals surface area contributed by atoms with Gasteiger partial charge in [-0.25, -0.2) is 13.2 Å². The molecule has 0 aliphatic carbocycles. The molecule has 1 saturated heterocycles. The topological polar surface area (TPSA) is 205 Å². The summed E-state index contributed by atoms with van der Waals surface area (Å²) in [4.78, 5) is 52.6. The maximum absolute atomic E-state index is 13.7. The second-order valence-corrected chi connectivity index (χ2v) is 11.7. The van der Waals surface area contributed by atoms with E-state index in [9.17, 15) is 43.1 Å². The third-order valence-electron chi connectivity index (χ3n) is 6.48. The molecular weight excluding hydrogens is 586 g/mol. The van der Waals surface area contributed by atoms with E-state index in [-0.39, 0.29) is 28.6 Å². The smallest absolute Gasteiger partial charge is 0.336 e. The number of rotatable bonds is 13. The van der Waals surface area contributed by atoms with Crippen LogP contribution in [0.15, 0.2) is 53.4 Å². The minimum absolute atomic E-state index is 0.0824. The Morgan fingerprint density at radius 2 is 1.71 bits per heavy atom. The Kier molecular flexibility index (Phi) is 10.4. The zero-order chi connectivity index (χ0) is 30.4. The van der Waals surface area contributed by atoms with Crippen molar-refractivity contribution in [2.24, 2.45) is 0 Å². The number of non-ortho nitro benzene ring substituents is 1. The molecule has 2 aromatic carbocycles. The van der Waals surface area contributed by atoms with Crippen molar-refractivity contribution in [2.75, 3.05) is 13.1 Å². The third-order valence-corrected chi connectivity index (χ3v) is 8.39. The first-order valence-electron chi connectivity index (χ1n) is 12.4. The van der Waals surface area contributed by atoms with Gasteiger partial charge in [0.2, 0.25) is 0 Å². The summed E-state index contributed by atoms with van der Waals surface area (Å²) in [5.41, 5.74) is -2.38. The van der Waals surface area contributed by atoms with Crippen LogP contribution in [0.5, 0.6) is 0 Å². The lowest BCUT2D eigenvalue weighted by Crippen LogP contribution is -2.54. The highest BCUT2D eigenvalue weighted by Crippen LogP contribution is 2.29. The van der Waals surface area contributed by atoms with Crippen LogP contribution in [0.2, 0.25) is 5.02 Å². The molecule has 0 bridgehead atoms. The van der Waals surface area contributed by atoms with Gasteiger partial charge in [-0.1, -0.05) is 23.7 Å². The minimum atomic E-state index is -4.57. The highest BCUT2D eigenvalue weighted by molar-refractivity contribution is 7.89. The van der Waals surface area contributed by atoms with Crippen LogP contribution >= 0.6 is 11.6 Å². The Balaban J connectivity index is 1.91. The number of aliphatic carboxylic acids is 2. The van der Waals surface area contributed by atoms with E-state index in [1.54, 1.807) is 17.0 Å². The third kappa shape index (κ3) is 8.20. The van der Waals surface area contributed by atoms with E-state index in [1.807, 2.05) is 0 Å². The van der Waals surface area contributed by atoms with E-state index in [0.29, 0.717) is 30.3 Å². The molecule has 41 heavy (non-hydrogen) atoms. The molecule has 16 heteroatoms. The summed E-state index contributed by atoms with van der Waals surface area (Å²) in [7, 11) is -4.57. The van der Waals surface area contributed by atoms with E-state index in [2.05, 4.69) is 0 Å². The fraction of sp³-hybridized carbons (Fsp3) is 0.400. The maximum atomic E-state index is 13.7. The Labute approximate surface area is 239 Å². The molecule has 0 saturated carbocycles. The van der Waals surface area contributed by atoms with Gasteiger partial charge in [0.25, 0.3) is 15.7 Å². The summed E-state index contributed by atoms with van der Waals surface area (Å²) in [6.45, 7) is 0.671. The second kappa shape index (κ2) is 13.4. The standard InChI is InChI=1S/C25H28ClN3O11S/c26-18-6-10-20(11-7-18)41(38,39)29(40-23(32)16-25(35,24(33)34)15-22(30)31)21-3-1-2-13-27(21)14-12-17-4-8-19(9-5-17)28(36)37/h4-11,21,35H,1-3,12-16H2,(H,30,31)(H,33,34). The van der Waals surface area contributed by atoms with Crippen molar-refractivity contribution in [3.8, 4) is 0 Å². The lowest BCUT2D eigenvalue weighted by atomic mass is 9.96. The molecule has 2 unspecified atom stereocenters. The first-order chi connectivity index (χ1) is 19.2. The van der Waals surface area contributed by atoms with Crippen molar-refractivity contribution in [3.05, 3.63) is 69.2 Å². The number of hydrogen-bond acceptors (Lipinski definition) is 10. The molecule has 0 amide bonds. The lowest BCUT2D eigenvalue weighted by Gasteiger charge is -2.40. The second-order valence-electron chi connectivity index (χ2n) is 9.45. The highest BCUT2D eigenvalue weighted by Gasteiger charge is 2.45. The fourth-order valence-electron chi connectivity index (χ4n) is 4.35. The molecule has 1 fully saturated rings. The zero-order valence-corrected chi connectivity index (χ0v) is 23.2. The first-order valence-corrected chi connectivity index (χ1v) is 14.2. The molecule has 222 valence electrons. The lowest BCUT2D eigenvalue weighted by molar-refractivity contribution is -0.384. The number of benzene rings is 2. The Hall–Kier alpha value is -3.63. The number of piperidine rings is 1. The van der Waals surface area contributed by atoms with Crippen LogP contribution in [-0.4, -0.2) is 80.8 Å². The van der Waals surface area contributed by atoms with Crippen molar-refractivity contribution in [1.82, 2.24) is 9.37 Å². The molecule has 1 aliphatic rings. The quantitative estimate of drug-likeness (QED) is 0.220. The normalized spacial score (nSPS) is 17.5. The highest BCUT2D eigenvalue weighted by atomic mass is 35.5. The van der Waals surface area contributed by atoms with Crippen molar-refractivity contribution < 1.29 is 47.9 Å². The summed E-state index contributed by atoms with van der Waals surface area (Å²) in [6, 6.07) is 10.9. The monoisotopic (exact) mass is 613 g/mol. The number of aliphatic hydroxyl groups is 1. The molecule has 2 aromatic rings. The summed E-state index contributed by atoms with van der Waals surface area (Å²) >= 11 is 5.90. The zero-order valence-electron chi connectivity index (χ0n) is 21.6. The molecule has 14 nitrogen and oxygen atoms in total. The average Bonchev–Trinajstić information content (AvgIpc) is 2.90. The van der Waals surface area contributed by atoms with Crippen molar-refractivity contribution in [2.45, 2.75) is 55.2 Å². The molecule has 0 radical (unpaired) electrons. The predicted octanol–water partition coefficient (Wildman–Crippen LogP) is 2.43. The van der Waals surface area contributed by atoms with Gasteiger partial charge in [-0.2, -0.15) is 0 Å². The number of nitro benzene ring substituents is 1. The van der Waals surface area contributed by atoms with Crippen molar-refractivity contribution >= 4 is 45.2 Å². The van der Waals surface area contributed by atoms with Crippen LogP contribution in [-0.2, 0) is 35.7 Å². The SMILES string of the molecule is O=C(O)CC(O)(CC(=O)ON(C1CCCCN1CCc1ccc([N+](=O)[O-])cc1)S(=O)(=O)c1ccc(Cl)cc1)C(=O)O. The molecule has 2 atom stereocenters. The Bertz CT molecular complexity index is 1390. The number of carboxylic acids is 2. The summed E-state index contributed by atoms with van der Waals surface area (Å²) in [5.74, 6) is -5.17. The fourth-order valence-corrected chi connectivity index (χ4v) is 5.90. The number of carbonyl (C=O) groups excluding carboxylic acids is 1. The van der Waals surface area contributed by atoms with E-state index in [4.69, 9.17) is 21.5 Å². The number of carboxylic acid groups (broad SMARTS) is 2. The first kappa shape index (κ1) is 31.9. The number of halogens is 1. The van der Waals surface area contributed by atoms with Crippen LogP contribution in [0.25, 0.3) is 0 Å². The number of nitrogens with zero attached hydrogens (tertiary/aromatic N) is 3. The number of nitro groups is 1. The molecule has 3 N–H and O–H groups in total.